The lowest BCUT2D eigenvalue weighted by Gasteiger charge is -2.40. The van der Waals surface area contributed by atoms with E-state index in [0.29, 0.717) is 12.5 Å². The van der Waals surface area contributed by atoms with Crippen LogP contribution in [0.4, 0.5) is 0 Å². The Kier molecular flexibility index (Phi) is 9.29. The summed E-state index contributed by atoms with van der Waals surface area (Å²) in [5.41, 5.74) is 1.10. The molecular weight excluding hydrogens is 422 g/mol. The molecule has 178 valence electrons. The fraction of sp³-hybridized carbons (Fsp3) is 0.680. The summed E-state index contributed by atoms with van der Waals surface area (Å²) in [6, 6.07) is 7.74. The number of nitrogens with zero attached hydrogens (tertiary/aromatic N) is 1. The summed E-state index contributed by atoms with van der Waals surface area (Å²) in [5.74, 6) is 2.19. The van der Waals surface area contributed by atoms with Gasteiger partial charge >= 0.3 is 0 Å². The first-order valence-corrected chi connectivity index (χ1v) is 13.1. The van der Waals surface area contributed by atoms with Gasteiger partial charge in [-0.15, -0.1) is 11.8 Å². The Labute approximate surface area is 197 Å². The van der Waals surface area contributed by atoms with Gasteiger partial charge in [0.15, 0.2) is 0 Å². The second kappa shape index (κ2) is 11.9. The normalized spacial score (nSPS) is 20.8. The molecule has 2 unspecified atom stereocenters. The van der Waals surface area contributed by atoms with Gasteiger partial charge in [-0.1, -0.05) is 44.9 Å². The standard InChI is InChI=1S/C25H39N3O3S/c1-4-6-9-19(5-2)24(30)28-16-13-25(14-17-28)27-21(18-32-25)23(29)26-15-12-20-10-7-8-11-22(20)31-3/h7-8,10-11,19,21,27H,4-6,9,12-18H2,1-3H3,(H,26,29). The molecule has 0 saturated carbocycles. The van der Waals surface area contributed by atoms with Crippen LogP contribution >= 0.6 is 11.8 Å². The minimum absolute atomic E-state index is 0.0633. The molecular formula is C25H39N3O3S. The van der Waals surface area contributed by atoms with Gasteiger partial charge < -0.3 is 15.0 Å². The molecule has 0 radical (unpaired) electrons. The molecule has 0 aliphatic carbocycles. The Balaban J connectivity index is 1.44. The Morgan fingerprint density at radius 1 is 1.28 bits per heavy atom. The predicted octanol–water partition coefficient (Wildman–Crippen LogP) is 3.59. The molecule has 2 N–H and O–H groups in total. The van der Waals surface area contributed by atoms with E-state index in [1.165, 1.54) is 0 Å². The van der Waals surface area contributed by atoms with E-state index in [9.17, 15) is 9.59 Å². The fourth-order valence-corrected chi connectivity index (χ4v) is 6.14. The lowest BCUT2D eigenvalue weighted by molar-refractivity contribution is -0.137. The first-order valence-electron chi connectivity index (χ1n) is 12.1. The predicted molar refractivity (Wildman–Crippen MR) is 131 cm³/mol. The van der Waals surface area contributed by atoms with Gasteiger partial charge in [-0.25, -0.2) is 0 Å². The van der Waals surface area contributed by atoms with Crippen molar-refractivity contribution in [1.29, 1.82) is 0 Å². The number of piperidine rings is 1. The van der Waals surface area contributed by atoms with E-state index in [2.05, 4.69) is 29.4 Å². The number of hydrogen-bond acceptors (Lipinski definition) is 5. The van der Waals surface area contributed by atoms with Crippen molar-refractivity contribution in [3.05, 3.63) is 29.8 Å². The van der Waals surface area contributed by atoms with E-state index in [1.54, 1.807) is 7.11 Å². The number of hydrogen-bond donors (Lipinski definition) is 2. The fourth-order valence-electron chi connectivity index (χ4n) is 4.73. The van der Waals surface area contributed by atoms with Crippen molar-refractivity contribution in [2.24, 2.45) is 5.92 Å². The van der Waals surface area contributed by atoms with Crippen molar-refractivity contribution in [3.8, 4) is 5.75 Å². The Bertz CT molecular complexity index is 765. The van der Waals surface area contributed by atoms with Gasteiger partial charge in [0, 0.05) is 31.3 Å². The molecule has 6 nitrogen and oxygen atoms in total. The first-order chi connectivity index (χ1) is 15.5. The number of ether oxygens (including phenoxy) is 1. The summed E-state index contributed by atoms with van der Waals surface area (Å²) < 4.78 is 5.39. The molecule has 1 spiro atoms. The van der Waals surface area contributed by atoms with Crippen molar-refractivity contribution in [2.75, 3.05) is 32.5 Å². The molecule has 2 fully saturated rings. The topological polar surface area (TPSA) is 70.7 Å². The zero-order valence-electron chi connectivity index (χ0n) is 19.8. The number of amides is 2. The summed E-state index contributed by atoms with van der Waals surface area (Å²) in [6.07, 6.45) is 6.72. The highest BCUT2D eigenvalue weighted by atomic mass is 32.2. The smallest absolute Gasteiger partial charge is 0.238 e. The van der Waals surface area contributed by atoms with Crippen LogP contribution in [0.3, 0.4) is 0 Å². The maximum atomic E-state index is 12.9. The molecule has 2 saturated heterocycles. The third-order valence-electron chi connectivity index (χ3n) is 6.80. The van der Waals surface area contributed by atoms with E-state index in [0.717, 1.165) is 75.1 Å². The number of carbonyl (C=O) groups excluding carboxylic acids is 2. The molecule has 1 aromatic carbocycles. The van der Waals surface area contributed by atoms with Crippen LogP contribution in [0, 0.1) is 5.92 Å². The molecule has 2 aliphatic rings. The van der Waals surface area contributed by atoms with Crippen molar-refractivity contribution in [3.63, 3.8) is 0 Å². The lowest BCUT2D eigenvalue weighted by Crippen LogP contribution is -2.55. The van der Waals surface area contributed by atoms with Gasteiger partial charge in [0.2, 0.25) is 11.8 Å². The number of thioether (sulfide) groups is 1. The monoisotopic (exact) mass is 461 g/mol. The molecule has 3 rings (SSSR count). The molecule has 32 heavy (non-hydrogen) atoms. The minimum atomic E-state index is -0.173. The van der Waals surface area contributed by atoms with Crippen molar-refractivity contribution in [2.45, 2.75) is 69.7 Å². The number of benzene rings is 1. The molecule has 0 bridgehead atoms. The zero-order valence-corrected chi connectivity index (χ0v) is 20.6. The number of carbonyl (C=O) groups is 2. The Hall–Kier alpha value is -1.73. The van der Waals surface area contributed by atoms with Crippen molar-refractivity contribution >= 4 is 23.6 Å². The largest absolute Gasteiger partial charge is 0.496 e. The van der Waals surface area contributed by atoms with Gasteiger partial charge in [-0.05, 0) is 43.7 Å². The maximum Gasteiger partial charge on any atom is 0.238 e. The second-order valence-corrected chi connectivity index (χ2v) is 10.3. The molecule has 2 amide bonds. The summed E-state index contributed by atoms with van der Waals surface area (Å²) >= 11 is 1.85. The van der Waals surface area contributed by atoms with Gasteiger partial charge in [-0.2, -0.15) is 0 Å². The van der Waals surface area contributed by atoms with Gasteiger partial charge in [0.25, 0.3) is 0 Å². The third kappa shape index (κ3) is 6.19. The van der Waals surface area contributed by atoms with Crippen LogP contribution in [0.2, 0.25) is 0 Å². The van der Waals surface area contributed by atoms with Crippen LogP contribution in [-0.4, -0.2) is 60.1 Å². The van der Waals surface area contributed by atoms with Crippen LogP contribution in [0.1, 0.15) is 57.9 Å². The van der Waals surface area contributed by atoms with E-state index in [4.69, 9.17) is 4.74 Å². The summed E-state index contributed by atoms with van der Waals surface area (Å²) in [4.78, 5) is 27.6. The van der Waals surface area contributed by atoms with Crippen LogP contribution in [0.5, 0.6) is 5.75 Å². The number of nitrogens with one attached hydrogen (secondary N) is 2. The highest BCUT2D eigenvalue weighted by molar-refractivity contribution is 8.01. The highest BCUT2D eigenvalue weighted by Gasteiger charge is 2.44. The number of methoxy groups -OCH3 is 1. The molecule has 7 heteroatoms. The molecule has 0 aromatic heterocycles. The Morgan fingerprint density at radius 2 is 2.03 bits per heavy atom. The first kappa shape index (κ1) is 24.9. The lowest BCUT2D eigenvalue weighted by atomic mass is 9.95. The molecule has 2 aliphatic heterocycles. The molecule has 2 atom stereocenters. The summed E-state index contributed by atoms with van der Waals surface area (Å²) in [5, 5.41) is 6.68. The average molecular weight is 462 g/mol. The van der Waals surface area contributed by atoms with E-state index < -0.39 is 0 Å². The van der Waals surface area contributed by atoms with Crippen LogP contribution in [0.15, 0.2) is 24.3 Å². The third-order valence-corrected chi connectivity index (χ3v) is 8.38. The highest BCUT2D eigenvalue weighted by Crippen LogP contribution is 2.39. The van der Waals surface area contributed by atoms with Crippen LogP contribution in [0.25, 0.3) is 0 Å². The van der Waals surface area contributed by atoms with Crippen LogP contribution < -0.4 is 15.4 Å². The quantitative estimate of drug-likeness (QED) is 0.557. The van der Waals surface area contributed by atoms with Crippen LogP contribution in [-0.2, 0) is 16.0 Å². The number of likely N-dealkylation sites (tertiary alicyclic amines) is 1. The van der Waals surface area contributed by atoms with Crippen molar-refractivity contribution < 1.29 is 14.3 Å². The van der Waals surface area contributed by atoms with E-state index in [-0.39, 0.29) is 22.7 Å². The van der Waals surface area contributed by atoms with Gasteiger partial charge in [0.05, 0.1) is 18.0 Å². The van der Waals surface area contributed by atoms with Gasteiger partial charge in [0.1, 0.15) is 5.75 Å². The Morgan fingerprint density at radius 3 is 2.72 bits per heavy atom. The minimum Gasteiger partial charge on any atom is -0.496 e. The second-order valence-electron chi connectivity index (χ2n) is 8.93. The van der Waals surface area contributed by atoms with Gasteiger partial charge in [-0.3, -0.25) is 14.9 Å². The van der Waals surface area contributed by atoms with E-state index >= 15 is 0 Å². The summed E-state index contributed by atoms with van der Waals surface area (Å²) in [7, 11) is 1.67. The number of unbranched alkanes of at least 4 members (excludes halogenated alkanes) is 1. The maximum absolute atomic E-state index is 12.9. The van der Waals surface area contributed by atoms with E-state index in [1.807, 2.05) is 36.0 Å². The van der Waals surface area contributed by atoms with Crippen molar-refractivity contribution in [1.82, 2.24) is 15.5 Å². The SMILES string of the molecule is CCCCC(CC)C(=O)N1CCC2(CC1)NC(C(=O)NCCc1ccccc1OC)CS2. The molecule has 1 aromatic rings. The number of rotatable bonds is 10. The average Bonchev–Trinajstić information content (AvgIpc) is 3.23. The number of para-hydroxylation sites is 1. The summed E-state index contributed by atoms with van der Waals surface area (Å²) in [6.45, 7) is 6.45. The molecule has 2 heterocycles. The zero-order chi connectivity index (χ0) is 23.0.